The molecule has 0 unspecified atom stereocenters. The third kappa shape index (κ3) is 4.17. The first-order chi connectivity index (χ1) is 10.2. The number of halogens is 1. The van der Waals surface area contributed by atoms with Crippen molar-refractivity contribution < 1.29 is 0 Å². The fourth-order valence-electron chi connectivity index (χ4n) is 2.03. The SMILES string of the molecule is CCCc1nc(NCC)c(C)c(NCc2sccc2Br)n1. The van der Waals surface area contributed by atoms with Gasteiger partial charge < -0.3 is 10.6 Å². The number of rotatable bonds is 7. The molecule has 2 N–H and O–H groups in total. The van der Waals surface area contributed by atoms with Crippen molar-refractivity contribution in [1.82, 2.24) is 9.97 Å². The number of hydrogen-bond donors (Lipinski definition) is 2. The first kappa shape index (κ1) is 16.2. The van der Waals surface area contributed by atoms with Crippen molar-refractivity contribution in [2.24, 2.45) is 0 Å². The Bertz CT molecular complexity index is 597. The van der Waals surface area contributed by atoms with Crippen molar-refractivity contribution in [1.29, 1.82) is 0 Å². The summed E-state index contributed by atoms with van der Waals surface area (Å²) in [7, 11) is 0. The smallest absolute Gasteiger partial charge is 0.135 e. The Hall–Kier alpha value is -1.14. The molecule has 2 aromatic rings. The molecular weight excluding hydrogens is 348 g/mol. The van der Waals surface area contributed by atoms with Gasteiger partial charge in [-0.05, 0) is 47.6 Å². The van der Waals surface area contributed by atoms with Gasteiger partial charge in [-0.15, -0.1) is 11.3 Å². The van der Waals surface area contributed by atoms with Crippen molar-refractivity contribution in [3.05, 3.63) is 32.2 Å². The highest BCUT2D eigenvalue weighted by atomic mass is 79.9. The quantitative estimate of drug-likeness (QED) is 0.749. The maximum Gasteiger partial charge on any atom is 0.135 e. The largest absolute Gasteiger partial charge is 0.370 e. The zero-order chi connectivity index (χ0) is 15.2. The first-order valence-electron chi connectivity index (χ1n) is 7.22. The minimum atomic E-state index is 0.771. The second-order valence-electron chi connectivity index (χ2n) is 4.79. The van der Waals surface area contributed by atoms with Gasteiger partial charge in [0, 0.05) is 27.9 Å². The molecule has 2 rings (SSSR count). The maximum absolute atomic E-state index is 4.66. The van der Waals surface area contributed by atoms with Crippen LogP contribution in [0.15, 0.2) is 15.9 Å². The molecular formula is C15H21BrN4S. The minimum Gasteiger partial charge on any atom is -0.370 e. The number of aryl methyl sites for hydroxylation is 1. The molecule has 114 valence electrons. The van der Waals surface area contributed by atoms with Crippen LogP contribution in [0.1, 0.15) is 36.5 Å². The van der Waals surface area contributed by atoms with Crippen molar-refractivity contribution in [2.75, 3.05) is 17.2 Å². The van der Waals surface area contributed by atoms with Gasteiger partial charge in [0.15, 0.2) is 0 Å². The van der Waals surface area contributed by atoms with E-state index in [0.29, 0.717) is 0 Å². The molecule has 0 bridgehead atoms. The molecule has 0 aliphatic heterocycles. The fourth-order valence-corrected chi connectivity index (χ4v) is 3.46. The van der Waals surface area contributed by atoms with Crippen molar-refractivity contribution >= 4 is 38.9 Å². The van der Waals surface area contributed by atoms with Crippen LogP contribution >= 0.6 is 27.3 Å². The van der Waals surface area contributed by atoms with Crippen LogP contribution in [-0.2, 0) is 13.0 Å². The number of nitrogens with one attached hydrogen (secondary N) is 2. The standard InChI is InChI=1S/C15H21BrN4S/c1-4-6-13-19-14(17-5-2)10(3)15(20-13)18-9-12-11(16)7-8-21-12/h7-8H,4-6,9H2,1-3H3,(H2,17,18,19,20). The molecule has 0 aliphatic carbocycles. The number of nitrogens with zero attached hydrogens (tertiary/aromatic N) is 2. The lowest BCUT2D eigenvalue weighted by atomic mass is 10.2. The third-order valence-electron chi connectivity index (χ3n) is 3.12. The lowest BCUT2D eigenvalue weighted by Crippen LogP contribution is -2.11. The summed E-state index contributed by atoms with van der Waals surface area (Å²) >= 11 is 5.30. The van der Waals surface area contributed by atoms with E-state index < -0.39 is 0 Å². The van der Waals surface area contributed by atoms with Crippen molar-refractivity contribution in [3.8, 4) is 0 Å². The summed E-state index contributed by atoms with van der Waals surface area (Å²) in [4.78, 5) is 10.5. The number of hydrogen-bond acceptors (Lipinski definition) is 5. The number of thiophene rings is 1. The zero-order valence-electron chi connectivity index (χ0n) is 12.7. The van der Waals surface area contributed by atoms with Gasteiger partial charge >= 0.3 is 0 Å². The molecule has 0 saturated heterocycles. The normalized spacial score (nSPS) is 10.7. The first-order valence-corrected chi connectivity index (χ1v) is 8.90. The molecule has 0 fully saturated rings. The van der Waals surface area contributed by atoms with Gasteiger partial charge in [-0.25, -0.2) is 9.97 Å². The molecule has 2 aromatic heterocycles. The Kier molecular flexibility index (Phi) is 5.99. The molecule has 0 aliphatic rings. The summed E-state index contributed by atoms with van der Waals surface area (Å²) < 4.78 is 1.15. The third-order valence-corrected chi connectivity index (χ3v) is 5.04. The molecule has 0 spiro atoms. The van der Waals surface area contributed by atoms with Crippen molar-refractivity contribution in [2.45, 2.75) is 40.2 Å². The van der Waals surface area contributed by atoms with E-state index in [-0.39, 0.29) is 0 Å². The summed E-state index contributed by atoms with van der Waals surface area (Å²) in [5, 5.41) is 8.85. The predicted molar refractivity (Wildman–Crippen MR) is 94.3 cm³/mol. The molecule has 0 aromatic carbocycles. The van der Waals surface area contributed by atoms with E-state index in [1.54, 1.807) is 11.3 Å². The van der Waals surface area contributed by atoms with Gasteiger partial charge in [-0.1, -0.05) is 6.92 Å². The second kappa shape index (κ2) is 7.75. The van der Waals surface area contributed by atoms with Gasteiger partial charge in [0.2, 0.25) is 0 Å². The number of anilines is 2. The average Bonchev–Trinajstić information content (AvgIpc) is 2.87. The molecule has 0 amide bonds. The van der Waals surface area contributed by atoms with Crippen LogP contribution < -0.4 is 10.6 Å². The van der Waals surface area contributed by atoms with Gasteiger partial charge in [0.1, 0.15) is 17.5 Å². The fraction of sp³-hybridized carbons (Fsp3) is 0.467. The van der Waals surface area contributed by atoms with Gasteiger partial charge in [0.05, 0.1) is 6.54 Å². The molecule has 0 atom stereocenters. The lowest BCUT2D eigenvalue weighted by molar-refractivity contribution is 0.830. The van der Waals surface area contributed by atoms with E-state index in [2.05, 4.69) is 68.7 Å². The molecule has 21 heavy (non-hydrogen) atoms. The van der Waals surface area contributed by atoms with E-state index in [4.69, 9.17) is 0 Å². The van der Waals surface area contributed by atoms with Crippen LogP contribution in [0, 0.1) is 6.92 Å². The summed E-state index contributed by atoms with van der Waals surface area (Å²) in [6.07, 6.45) is 1.95. The summed E-state index contributed by atoms with van der Waals surface area (Å²) in [6.45, 7) is 7.91. The van der Waals surface area contributed by atoms with Crippen molar-refractivity contribution in [3.63, 3.8) is 0 Å². The van der Waals surface area contributed by atoms with Crippen LogP contribution in [0.5, 0.6) is 0 Å². The lowest BCUT2D eigenvalue weighted by Gasteiger charge is -2.14. The molecule has 4 nitrogen and oxygen atoms in total. The highest BCUT2D eigenvalue weighted by molar-refractivity contribution is 9.10. The maximum atomic E-state index is 4.66. The van der Waals surface area contributed by atoms with E-state index in [1.165, 1.54) is 4.88 Å². The van der Waals surface area contributed by atoms with Gasteiger partial charge in [-0.3, -0.25) is 0 Å². The Labute approximate surface area is 138 Å². The van der Waals surface area contributed by atoms with Gasteiger partial charge in [0.25, 0.3) is 0 Å². The summed E-state index contributed by atoms with van der Waals surface area (Å²) in [6, 6.07) is 2.07. The molecule has 0 radical (unpaired) electrons. The topological polar surface area (TPSA) is 49.8 Å². The van der Waals surface area contributed by atoms with Crippen LogP contribution in [-0.4, -0.2) is 16.5 Å². The van der Waals surface area contributed by atoms with Crippen LogP contribution in [0.3, 0.4) is 0 Å². The molecule has 2 heterocycles. The van der Waals surface area contributed by atoms with Crippen LogP contribution in [0.25, 0.3) is 0 Å². The average molecular weight is 369 g/mol. The summed E-state index contributed by atoms with van der Waals surface area (Å²) in [5.74, 6) is 2.75. The molecule has 0 saturated carbocycles. The highest BCUT2D eigenvalue weighted by Crippen LogP contribution is 2.25. The van der Waals surface area contributed by atoms with E-state index >= 15 is 0 Å². The highest BCUT2D eigenvalue weighted by Gasteiger charge is 2.11. The predicted octanol–water partition coefficient (Wildman–Crippen LogP) is 4.61. The van der Waals surface area contributed by atoms with E-state index in [9.17, 15) is 0 Å². The Morgan fingerprint density at radius 2 is 1.90 bits per heavy atom. The molecule has 6 heteroatoms. The summed E-state index contributed by atoms with van der Waals surface area (Å²) in [5.41, 5.74) is 1.07. The monoisotopic (exact) mass is 368 g/mol. The Balaban J connectivity index is 2.21. The van der Waals surface area contributed by atoms with E-state index in [0.717, 1.165) is 53.4 Å². The van der Waals surface area contributed by atoms with E-state index in [1.807, 2.05) is 0 Å². The Morgan fingerprint density at radius 1 is 1.19 bits per heavy atom. The second-order valence-corrected chi connectivity index (χ2v) is 6.64. The minimum absolute atomic E-state index is 0.771. The van der Waals surface area contributed by atoms with Crippen LogP contribution in [0.2, 0.25) is 0 Å². The number of aromatic nitrogens is 2. The van der Waals surface area contributed by atoms with Crippen LogP contribution in [0.4, 0.5) is 11.6 Å². The Morgan fingerprint density at radius 3 is 2.48 bits per heavy atom. The zero-order valence-corrected chi connectivity index (χ0v) is 15.1. The van der Waals surface area contributed by atoms with Gasteiger partial charge in [-0.2, -0.15) is 0 Å².